The molecule has 1 heterocycles. The lowest BCUT2D eigenvalue weighted by Gasteiger charge is -2.29. The second kappa shape index (κ2) is 7.38. The highest BCUT2D eigenvalue weighted by Gasteiger charge is 2.18. The van der Waals surface area contributed by atoms with Crippen LogP contribution in [0.3, 0.4) is 0 Å². The molecule has 2 N–H and O–H groups in total. The quantitative estimate of drug-likeness (QED) is 0.850. The van der Waals surface area contributed by atoms with Crippen LogP contribution in [-0.4, -0.2) is 34.3 Å². The van der Waals surface area contributed by atoms with Crippen molar-refractivity contribution in [2.24, 2.45) is 12.8 Å². The lowest BCUT2D eigenvalue weighted by atomic mass is 9.93. The zero-order valence-corrected chi connectivity index (χ0v) is 13.2. The van der Waals surface area contributed by atoms with Gasteiger partial charge in [0.05, 0.1) is 6.20 Å². The van der Waals surface area contributed by atoms with Crippen LogP contribution in [0.25, 0.3) is 0 Å². The topological polar surface area (TPSA) is 47.1 Å². The molecule has 4 nitrogen and oxygen atoms in total. The van der Waals surface area contributed by atoms with Gasteiger partial charge in [0.15, 0.2) is 0 Å². The standard InChI is InChI=1S/C17H26N4/c1-14(16-7-5-4-6-8-16)9-17(10-18)20(2)12-15-11-19-21(3)13-15/h4-8,11,13-14,17H,9-10,12,18H2,1-3H3. The number of nitrogens with zero attached hydrogens (tertiary/aromatic N) is 3. The molecule has 0 saturated carbocycles. The van der Waals surface area contributed by atoms with Crippen LogP contribution in [0.4, 0.5) is 0 Å². The minimum absolute atomic E-state index is 0.375. The van der Waals surface area contributed by atoms with Crippen LogP contribution in [0, 0.1) is 0 Å². The zero-order chi connectivity index (χ0) is 15.2. The molecule has 0 saturated heterocycles. The van der Waals surface area contributed by atoms with Crippen molar-refractivity contribution in [3.8, 4) is 0 Å². The Morgan fingerprint density at radius 3 is 2.57 bits per heavy atom. The highest BCUT2D eigenvalue weighted by atomic mass is 15.2. The summed E-state index contributed by atoms with van der Waals surface area (Å²) in [7, 11) is 4.09. The molecule has 2 aromatic rings. The molecule has 0 aliphatic carbocycles. The van der Waals surface area contributed by atoms with Crippen LogP contribution in [0.5, 0.6) is 0 Å². The van der Waals surface area contributed by atoms with Crippen LogP contribution in [0.1, 0.15) is 30.4 Å². The Bertz CT molecular complexity index is 535. The Balaban J connectivity index is 1.95. The summed E-state index contributed by atoms with van der Waals surface area (Å²) in [6.45, 7) is 3.83. The fraction of sp³-hybridized carbons (Fsp3) is 0.471. The Morgan fingerprint density at radius 2 is 2.00 bits per heavy atom. The van der Waals surface area contributed by atoms with Crippen LogP contribution in [0.2, 0.25) is 0 Å². The smallest absolute Gasteiger partial charge is 0.0534 e. The minimum atomic E-state index is 0.375. The van der Waals surface area contributed by atoms with Crippen molar-refractivity contribution in [2.75, 3.05) is 13.6 Å². The zero-order valence-electron chi connectivity index (χ0n) is 13.2. The van der Waals surface area contributed by atoms with E-state index in [2.05, 4.69) is 60.5 Å². The van der Waals surface area contributed by atoms with E-state index in [4.69, 9.17) is 5.73 Å². The molecule has 0 aliphatic heterocycles. The van der Waals surface area contributed by atoms with E-state index in [1.165, 1.54) is 11.1 Å². The predicted octanol–water partition coefficient (Wildman–Crippen LogP) is 2.37. The van der Waals surface area contributed by atoms with Gasteiger partial charge in [-0.2, -0.15) is 5.10 Å². The summed E-state index contributed by atoms with van der Waals surface area (Å²) in [4.78, 5) is 2.33. The van der Waals surface area contributed by atoms with Crippen molar-refractivity contribution in [3.63, 3.8) is 0 Å². The molecule has 0 aliphatic rings. The third-order valence-corrected chi connectivity index (χ3v) is 4.08. The summed E-state index contributed by atoms with van der Waals surface area (Å²) >= 11 is 0. The maximum absolute atomic E-state index is 6.00. The molecule has 2 rings (SSSR count). The lowest BCUT2D eigenvalue weighted by Crippen LogP contribution is -2.38. The van der Waals surface area contributed by atoms with Gasteiger partial charge in [-0.3, -0.25) is 9.58 Å². The number of aromatic nitrogens is 2. The maximum atomic E-state index is 6.00. The summed E-state index contributed by atoms with van der Waals surface area (Å²) in [6, 6.07) is 11.0. The van der Waals surface area contributed by atoms with Gasteiger partial charge in [0.1, 0.15) is 0 Å². The number of benzene rings is 1. The van der Waals surface area contributed by atoms with Crippen molar-refractivity contribution < 1.29 is 0 Å². The van der Waals surface area contributed by atoms with Gasteiger partial charge in [-0.25, -0.2) is 0 Å². The van der Waals surface area contributed by atoms with E-state index in [1.54, 1.807) is 0 Å². The average Bonchev–Trinajstić information content (AvgIpc) is 2.90. The molecule has 2 unspecified atom stereocenters. The highest BCUT2D eigenvalue weighted by molar-refractivity contribution is 5.19. The van der Waals surface area contributed by atoms with Gasteiger partial charge in [-0.1, -0.05) is 37.3 Å². The van der Waals surface area contributed by atoms with Gasteiger partial charge >= 0.3 is 0 Å². The van der Waals surface area contributed by atoms with Gasteiger partial charge < -0.3 is 5.73 Å². The van der Waals surface area contributed by atoms with Gasteiger partial charge in [-0.15, -0.1) is 0 Å². The molecule has 1 aromatic carbocycles. The number of hydrogen-bond acceptors (Lipinski definition) is 3. The molecule has 0 spiro atoms. The second-order valence-electron chi connectivity index (χ2n) is 5.87. The molecule has 4 heteroatoms. The molecule has 21 heavy (non-hydrogen) atoms. The van der Waals surface area contributed by atoms with E-state index in [0.29, 0.717) is 18.5 Å². The third-order valence-electron chi connectivity index (χ3n) is 4.08. The maximum Gasteiger partial charge on any atom is 0.0534 e. The number of hydrogen-bond donors (Lipinski definition) is 1. The number of likely N-dealkylation sites (N-methyl/N-ethyl adjacent to an activating group) is 1. The second-order valence-corrected chi connectivity index (χ2v) is 5.87. The van der Waals surface area contributed by atoms with Gasteiger partial charge in [0.2, 0.25) is 0 Å². The first-order valence-electron chi connectivity index (χ1n) is 7.53. The first-order valence-corrected chi connectivity index (χ1v) is 7.53. The van der Waals surface area contributed by atoms with Crippen molar-refractivity contribution in [2.45, 2.75) is 31.8 Å². The Hall–Kier alpha value is -1.65. The molecule has 2 atom stereocenters. The fourth-order valence-electron chi connectivity index (χ4n) is 2.75. The largest absolute Gasteiger partial charge is 0.329 e. The van der Waals surface area contributed by atoms with Crippen LogP contribution >= 0.6 is 0 Å². The normalized spacial score (nSPS) is 14.3. The molecular weight excluding hydrogens is 260 g/mol. The first kappa shape index (κ1) is 15.7. The van der Waals surface area contributed by atoms with Gasteiger partial charge in [-0.05, 0) is 24.9 Å². The average molecular weight is 286 g/mol. The van der Waals surface area contributed by atoms with E-state index in [0.717, 1.165) is 13.0 Å². The molecule has 0 fully saturated rings. The Kier molecular flexibility index (Phi) is 5.53. The Labute approximate surface area is 127 Å². The molecule has 0 bridgehead atoms. The summed E-state index contributed by atoms with van der Waals surface area (Å²) in [5, 5.41) is 4.22. The Morgan fingerprint density at radius 1 is 1.29 bits per heavy atom. The van der Waals surface area contributed by atoms with Gasteiger partial charge in [0.25, 0.3) is 0 Å². The van der Waals surface area contributed by atoms with Crippen LogP contribution in [0.15, 0.2) is 42.7 Å². The van der Waals surface area contributed by atoms with Crippen molar-refractivity contribution in [1.82, 2.24) is 14.7 Å². The fourth-order valence-corrected chi connectivity index (χ4v) is 2.75. The van der Waals surface area contributed by atoms with E-state index in [9.17, 15) is 0 Å². The molecule has 114 valence electrons. The predicted molar refractivity (Wildman–Crippen MR) is 87.0 cm³/mol. The summed E-state index contributed by atoms with van der Waals surface area (Å²) in [5.74, 6) is 0.510. The van der Waals surface area contributed by atoms with Crippen molar-refractivity contribution in [3.05, 3.63) is 53.9 Å². The van der Waals surface area contributed by atoms with Crippen molar-refractivity contribution in [1.29, 1.82) is 0 Å². The molecular formula is C17H26N4. The summed E-state index contributed by atoms with van der Waals surface area (Å²) < 4.78 is 1.84. The van der Waals surface area contributed by atoms with E-state index in [1.807, 2.05) is 17.9 Å². The summed E-state index contributed by atoms with van der Waals surface area (Å²) in [6.07, 6.45) is 5.05. The number of rotatable bonds is 7. The summed E-state index contributed by atoms with van der Waals surface area (Å²) in [5.41, 5.74) is 8.60. The van der Waals surface area contributed by atoms with Crippen LogP contribution < -0.4 is 5.73 Å². The van der Waals surface area contributed by atoms with E-state index in [-0.39, 0.29) is 0 Å². The SMILES string of the molecule is CC(CC(CN)N(C)Cc1cnn(C)c1)c1ccccc1. The third kappa shape index (κ3) is 4.41. The van der Waals surface area contributed by atoms with Crippen LogP contribution in [-0.2, 0) is 13.6 Å². The number of aryl methyl sites for hydroxylation is 1. The minimum Gasteiger partial charge on any atom is -0.329 e. The van der Waals surface area contributed by atoms with Gasteiger partial charge in [0, 0.05) is 37.9 Å². The molecule has 1 aromatic heterocycles. The van der Waals surface area contributed by atoms with E-state index < -0.39 is 0 Å². The monoisotopic (exact) mass is 286 g/mol. The molecule has 0 radical (unpaired) electrons. The first-order chi connectivity index (χ1) is 10.1. The molecule has 0 amide bonds. The van der Waals surface area contributed by atoms with Crippen molar-refractivity contribution >= 4 is 0 Å². The van der Waals surface area contributed by atoms with E-state index >= 15 is 0 Å². The number of nitrogens with two attached hydrogens (primary N) is 1. The lowest BCUT2D eigenvalue weighted by molar-refractivity contribution is 0.219. The highest BCUT2D eigenvalue weighted by Crippen LogP contribution is 2.22.